The maximum atomic E-state index is 11.6. The number of nitrogens with zero attached hydrogens (tertiary/aromatic N) is 3. The van der Waals surface area contributed by atoms with Crippen molar-refractivity contribution in [1.29, 1.82) is 0 Å². The summed E-state index contributed by atoms with van der Waals surface area (Å²) in [5.74, 6) is 0.932. The number of aromatic nitrogens is 2. The Kier molecular flexibility index (Phi) is 5.76. The van der Waals surface area contributed by atoms with Crippen LogP contribution in [0.1, 0.15) is 25.7 Å². The zero-order valence-corrected chi connectivity index (χ0v) is 18.0. The van der Waals surface area contributed by atoms with Crippen molar-refractivity contribution in [1.82, 2.24) is 20.4 Å². The third-order valence-electron chi connectivity index (χ3n) is 6.73. The average Bonchev–Trinajstić information content (AvgIpc) is 3.19. The largest absolute Gasteiger partial charge is 0.490 e. The van der Waals surface area contributed by atoms with Crippen molar-refractivity contribution >= 4 is 16.7 Å². The van der Waals surface area contributed by atoms with Crippen LogP contribution in [-0.2, 0) is 4.79 Å². The minimum absolute atomic E-state index is 0.0139. The van der Waals surface area contributed by atoms with Crippen LogP contribution in [0.5, 0.6) is 5.75 Å². The Morgan fingerprint density at radius 2 is 1.88 bits per heavy atom. The second kappa shape index (κ2) is 8.84. The normalized spacial score (nSPS) is 19.2. The molecule has 2 saturated heterocycles. The average molecular weight is 433 g/mol. The molecule has 0 bridgehead atoms. The number of piperidine rings is 1. The Morgan fingerprint density at radius 3 is 2.59 bits per heavy atom. The van der Waals surface area contributed by atoms with Crippen molar-refractivity contribution < 1.29 is 14.6 Å². The Hall–Kier alpha value is -3.03. The van der Waals surface area contributed by atoms with Crippen LogP contribution >= 0.6 is 0 Å². The first kappa shape index (κ1) is 20.8. The van der Waals surface area contributed by atoms with E-state index in [0.29, 0.717) is 13.0 Å². The summed E-state index contributed by atoms with van der Waals surface area (Å²) in [4.78, 5) is 13.9. The van der Waals surface area contributed by atoms with Crippen LogP contribution < -0.4 is 10.1 Å². The summed E-state index contributed by atoms with van der Waals surface area (Å²) in [5.41, 5.74) is 2.06. The van der Waals surface area contributed by atoms with Gasteiger partial charge in [0.25, 0.3) is 0 Å². The lowest BCUT2D eigenvalue weighted by atomic mass is 9.86. The smallest absolute Gasteiger partial charge is 0.220 e. The summed E-state index contributed by atoms with van der Waals surface area (Å²) in [7, 11) is 0. The number of carbonyl (C=O) groups is 1. The van der Waals surface area contributed by atoms with Gasteiger partial charge in [0, 0.05) is 42.5 Å². The SMILES string of the molecule is O=C1CCC2(CCN(CC(O)COc3ccc(-c4ccnnc4)c4ccccc34)CC2)N1. The van der Waals surface area contributed by atoms with Crippen LogP contribution in [0, 0.1) is 0 Å². The standard InChI is InChI=1S/C25H28N4O3/c30-19(16-29-13-10-25(11-14-29)9-7-24(31)28-25)17-32-23-6-5-20(18-8-12-26-27-15-18)21-3-1-2-4-22(21)23/h1-6,8,12,15,19,30H,7,9-11,13-14,16-17H2,(H,28,31). The van der Waals surface area contributed by atoms with Gasteiger partial charge in [-0.25, -0.2) is 0 Å². The van der Waals surface area contributed by atoms with Gasteiger partial charge < -0.3 is 20.1 Å². The lowest BCUT2D eigenvalue weighted by molar-refractivity contribution is -0.120. The lowest BCUT2D eigenvalue weighted by Crippen LogP contribution is -2.52. The van der Waals surface area contributed by atoms with Crippen LogP contribution in [-0.4, -0.2) is 64.0 Å². The van der Waals surface area contributed by atoms with Gasteiger partial charge in [-0.3, -0.25) is 4.79 Å². The summed E-state index contributed by atoms with van der Waals surface area (Å²) in [6, 6.07) is 14.0. The maximum Gasteiger partial charge on any atom is 0.220 e. The Bertz CT molecular complexity index is 1100. The minimum Gasteiger partial charge on any atom is -0.490 e. The van der Waals surface area contributed by atoms with Crippen molar-refractivity contribution in [2.75, 3.05) is 26.2 Å². The summed E-state index contributed by atoms with van der Waals surface area (Å²) in [6.07, 6.45) is 6.33. The molecule has 5 rings (SSSR count). The molecule has 3 heterocycles. The van der Waals surface area contributed by atoms with Crippen molar-refractivity contribution in [3.8, 4) is 16.9 Å². The number of benzene rings is 2. The zero-order valence-electron chi connectivity index (χ0n) is 18.0. The summed E-state index contributed by atoms with van der Waals surface area (Å²) in [6.45, 7) is 2.57. The highest BCUT2D eigenvalue weighted by molar-refractivity contribution is 5.99. The highest BCUT2D eigenvalue weighted by Crippen LogP contribution is 2.34. The fourth-order valence-corrected chi connectivity index (χ4v) is 4.95. The second-order valence-electron chi connectivity index (χ2n) is 8.88. The molecule has 7 heteroatoms. The number of nitrogens with one attached hydrogen (secondary N) is 1. The lowest BCUT2D eigenvalue weighted by Gasteiger charge is -2.39. The molecule has 2 aliphatic rings. The fourth-order valence-electron chi connectivity index (χ4n) is 4.95. The molecule has 32 heavy (non-hydrogen) atoms. The van der Waals surface area contributed by atoms with E-state index in [9.17, 15) is 9.90 Å². The molecule has 1 spiro atoms. The number of likely N-dealkylation sites (tertiary alicyclic amines) is 1. The van der Waals surface area contributed by atoms with Gasteiger partial charge in [-0.15, -0.1) is 0 Å². The fraction of sp³-hybridized carbons (Fsp3) is 0.400. The molecule has 2 fully saturated rings. The number of fused-ring (bicyclic) bond motifs is 1. The zero-order chi connectivity index (χ0) is 22.0. The van der Waals surface area contributed by atoms with E-state index in [0.717, 1.165) is 60.0 Å². The molecular weight excluding hydrogens is 404 g/mol. The molecule has 1 unspecified atom stereocenters. The molecule has 1 amide bonds. The van der Waals surface area contributed by atoms with Gasteiger partial charge in [0.15, 0.2) is 0 Å². The van der Waals surface area contributed by atoms with Crippen molar-refractivity contribution in [2.24, 2.45) is 0 Å². The highest BCUT2D eigenvalue weighted by Gasteiger charge is 2.40. The van der Waals surface area contributed by atoms with Gasteiger partial charge >= 0.3 is 0 Å². The van der Waals surface area contributed by atoms with Crippen molar-refractivity contribution in [3.05, 3.63) is 54.9 Å². The first-order chi connectivity index (χ1) is 15.6. The third-order valence-corrected chi connectivity index (χ3v) is 6.73. The van der Waals surface area contributed by atoms with E-state index in [2.05, 4.69) is 26.5 Å². The van der Waals surface area contributed by atoms with E-state index in [1.165, 1.54) is 0 Å². The van der Waals surface area contributed by atoms with Crippen LogP contribution in [0.3, 0.4) is 0 Å². The Morgan fingerprint density at radius 1 is 1.06 bits per heavy atom. The Labute approximate surface area is 187 Å². The van der Waals surface area contributed by atoms with E-state index in [1.807, 2.05) is 36.4 Å². The number of carbonyl (C=O) groups excluding carboxylic acids is 1. The third kappa shape index (κ3) is 4.31. The van der Waals surface area contributed by atoms with Crippen LogP contribution in [0.4, 0.5) is 0 Å². The van der Waals surface area contributed by atoms with Gasteiger partial charge in [-0.1, -0.05) is 24.3 Å². The van der Waals surface area contributed by atoms with Gasteiger partial charge in [0.05, 0.1) is 12.4 Å². The number of aliphatic hydroxyl groups excluding tert-OH is 1. The molecule has 1 atom stereocenters. The topological polar surface area (TPSA) is 87.6 Å². The van der Waals surface area contributed by atoms with Crippen LogP contribution in [0.25, 0.3) is 21.9 Å². The van der Waals surface area contributed by atoms with E-state index in [4.69, 9.17) is 4.74 Å². The van der Waals surface area contributed by atoms with E-state index in [1.54, 1.807) is 12.4 Å². The number of ether oxygens (including phenoxy) is 1. The number of amides is 1. The maximum absolute atomic E-state index is 11.6. The monoisotopic (exact) mass is 432 g/mol. The van der Waals surface area contributed by atoms with E-state index >= 15 is 0 Å². The van der Waals surface area contributed by atoms with E-state index in [-0.39, 0.29) is 18.1 Å². The number of hydrogen-bond donors (Lipinski definition) is 2. The molecule has 166 valence electrons. The molecular formula is C25H28N4O3. The molecule has 2 aliphatic heterocycles. The van der Waals surface area contributed by atoms with Crippen LogP contribution in [0.15, 0.2) is 54.9 Å². The summed E-state index contributed by atoms with van der Waals surface area (Å²) >= 11 is 0. The van der Waals surface area contributed by atoms with Gasteiger partial charge in [0.1, 0.15) is 18.5 Å². The van der Waals surface area contributed by atoms with Crippen molar-refractivity contribution in [3.63, 3.8) is 0 Å². The predicted octanol–water partition coefficient (Wildman–Crippen LogP) is 2.78. The summed E-state index contributed by atoms with van der Waals surface area (Å²) < 4.78 is 6.06. The number of aliphatic hydroxyl groups is 1. The first-order valence-electron chi connectivity index (χ1n) is 11.2. The minimum atomic E-state index is -0.579. The molecule has 3 aromatic rings. The van der Waals surface area contributed by atoms with Gasteiger partial charge in [-0.2, -0.15) is 10.2 Å². The molecule has 1 aromatic heterocycles. The molecule has 7 nitrogen and oxygen atoms in total. The quantitative estimate of drug-likeness (QED) is 0.623. The molecule has 2 aromatic carbocycles. The molecule has 0 radical (unpaired) electrons. The first-order valence-corrected chi connectivity index (χ1v) is 11.2. The molecule has 2 N–H and O–H groups in total. The summed E-state index contributed by atoms with van der Waals surface area (Å²) in [5, 5.41) is 23.7. The predicted molar refractivity (Wildman–Crippen MR) is 122 cm³/mol. The van der Waals surface area contributed by atoms with Gasteiger partial charge in [-0.05, 0) is 48.4 Å². The molecule has 0 aliphatic carbocycles. The Balaban J connectivity index is 1.22. The number of rotatable bonds is 6. The second-order valence-corrected chi connectivity index (χ2v) is 8.88. The van der Waals surface area contributed by atoms with E-state index < -0.39 is 6.10 Å². The number of hydrogen-bond acceptors (Lipinski definition) is 6. The van der Waals surface area contributed by atoms with Crippen LogP contribution in [0.2, 0.25) is 0 Å². The highest BCUT2D eigenvalue weighted by atomic mass is 16.5. The van der Waals surface area contributed by atoms with Gasteiger partial charge in [0.2, 0.25) is 5.91 Å². The molecule has 0 saturated carbocycles. The number of β-amino-alcohol motifs (C(OH)–C–C–N with tert-alkyl or cyclic N) is 1. The van der Waals surface area contributed by atoms with Crippen molar-refractivity contribution in [2.45, 2.75) is 37.3 Å².